The largest absolute Gasteiger partial charge is 0.378 e. The Kier molecular flexibility index (Phi) is 5.88. The van der Waals surface area contributed by atoms with E-state index >= 15 is 0 Å². The van der Waals surface area contributed by atoms with Crippen LogP contribution in [0.2, 0.25) is 0 Å². The van der Waals surface area contributed by atoms with Crippen LogP contribution in [0.4, 0.5) is 5.69 Å². The lowest BCUT2D eigenvalue weighted by Crippen LogP contribution is -2.30. The first-order valence-corrected chi connectivity index (χ1v) is 10.7. The zero-order chi connectivity index (χ0) is 21.8. The van der Waals surface area contributed by atoms with Crippen LogP contribution in [0.25, 0.3) is 5.57 Å². The van der Waals surface area contributed by atoms with Crippen molar-refractivity contribution in [3.63, 3.8) is 0 Å². The number of benzene rings is 2. The molecule has 0 fully saturated rings. The molecule has 162 valence electrons. The van der Waals surface area contributed by atoms with Gasteiger partial charge in [-0.3, -0.25) is 0 Å². The molecule has 0 radical (unpaired) electrons. The van der Waals surface area contributed by atoms with Crippen molar-refractivity contribution in [3.8, 4) is 0 Å². The molecule has 2 aliphatic carbocycles. The maximum absolute atomic E-state index is 2.38. The summed E-state index contributed by atoms with van der Waals surface area (Å²) in [6.07, 6.45) is 6.96. The number of hydrogen-bond donors (Lipinski definition) is 0. The molecular weight excluding hydrogens is 376 g/mol. The second-order valence-corrected chi connectivity index (χ2v) is 9.52. The second kappa shape index (κ2) is 8.00. The first kappa shape index (κ1) is 22.8. The van der Waals surface area contributed by atoms with Gasteiger partial charge in [0, 0.05) is 37.3 Å². The van der Waals surface area contributed by atoms with Crippen LogP contribution in [0.15, 0.2) is 65.8 Å². The van der Waals surface area contributed by atoms with Crippen molar-refractivity contribution in [1.82, 2.24) is 0 Å². The van der Waals surface area contributed by atoms with Gasteiger partial charge >= 0.3 is 0 Å². The molecular formula is C29H37N2+. The van der Waals surface area contributed by atoms with Crippen molar-refractivity contribution in [2.24, 2.45) is 0 Å². The summed E-state index contributed by atoms with van der Waals surface area (Å²) >= 11 is 0. The van der Waals surface area contributed by atoms with Gasteiger partial charge < -0.3 is 4.90 Å². The van der Waals surface area contributed by atoms with Gasteiger partial charge in [0.25, 0.3) is 0 Å². The molecule has 2 aliphatic rings. The highest BCUT2D eigenvalue weighted by Crippen LogP contribution is 2.51. The summed E-state index contributed by atoms with van der Waals surface area (Å²) in [6, 6.07) is 13.6. The fourth-order valence-electron chi connectivity index (χ4n) is 4.86. The average molecular weight is 414 g/mol. The van der Waals surface area contributed by atoms with Crippen molar-refractivity contribution in [1.29, 1.82) is 0 Å². The van der Waals surface area contributed by atoms with Gasteiger partial charge in [-0.2, -0.15) is 0 Å². The van der Waals surface area contributed by atoms with Gasteiger partial charge in [-0.15, -0.1) is 0 Å². The van der Waals surface area contributed by atoms with Crippen molar-refractivity contribution >= 4 is 17.0 Å². The average Bonchev–Trinajstić information content (AvgIpc) is 2.69. The van der Waals surface area contributed by atoms with Crippen LogP contribution < -0.4 is 4.90 Å². The molecule has 0 saturated heterocycles. The van der Waals surface area contributed by atoms with Gasteiger partial charge in [-0.05, 0) is 76.6 Å². The fourth-order valence-corrected chi connectivity index (χ4v) is 4.86. The molecule has 0 aromatic heterocycles. The van der Waals surface area contributed by atoms with E-state index in [1.54, 1.807) is 0 Å². The Hall–Kier alpha value is -2.87. The van der Waals surface area contributed by atoms with Gasteiger partial charge in [-0.25, -0.2) is 4.58 Å². The Morgan fingerprint density at radius 2 is 1.55 bits per heavy atom. The number of fused-ring (bicyclic) bond motifs is 2. The molecule has 0 N–H and O–H groups in total. The Balaban J connectivity index is 0.00000272. The highest BCUT2D eigenvalue weighted by atomic mass is 15.1. The van der Waals surface area contributed by atoms with Gasteiger partial charge in [0.2, 0.25) is 0 Å². The quantitative estimate of drug-likeness (QED) is 0.523. The van der Waals surface area contributed by atoms with E-state index in [1.165, 1.54) is 55.9 Å². The molecule has 0 heterocycles. The lowest BCUT2D eigenvalue weighted by atomic mass is 9.63. The normalized spacial score (nSPS) is 16.3. The number of hydrogen-bond acceptors (Lipinski definition) is 1. The first-order chi connectivity index (χ1) is 14.1. The summed E-state index contributed by atoms with van der Waals surface area (Å²) in [5, 5.41) is 0. The standard InChI is InChI=1S/C28H33N2.CH4/c1-18-10-9-11-19(2)26(18)27-22-14-12-20(29(5)6)16-24(22)28(3,4)25-17-21(30(7)8)13-15-23(25)27;/h9-17H,1-8H3;1H4/q+1;. The summed E-state index contributed by atoms with van der Waals surface area (Å²) < 4.78 is 2.20. The molecule has 0 atom stereocenters. The van der Waals surface area contributed by atoms with Crippen LogP contribution in [-0.2, 0) is 5.41 Å². The Morgan fingerprint density at radius 1 is 0.903 bits per heavy atom. The Bertz CT molecular complexity index is 1140. The molecule has 2 nitrogen and oxygen atoms in total. The SMILES string of the molecule is C.Cc1cccc(C)c1C1=C2C=CC(=[N+](C)C)C=C2C(C)(C)c2cc(N(C)C)ccc21. The van der Waals surface area contributed by atoms with Crippen LogP contribution in [0, 0.1) is 13.8 Å². The highest BCUT2D eigenvalue weighted by Gasteiger charge is 2.39. The summed E-state index contributed by atoms with van der Waals surface area (Å²) in [4.78, 5) is 2.20. The number of rotatable bonds is 2. The lowest BCUT2D eigenvalue weighted by Gasteiger charge is -2.40. The lowest BCUT2D eigenvalue weighted by molar-refractivity contribution is -0.462. The molecule has 0 spiro atoms. The molecule has 4 rings (SSSR count). The number of aryl methyl sites for hydroxylation is 2. The van der Waals surface area contributed by atoms with Crippen LogP contribution >= 0.6 is 0 Å². The van der Waals surface area contributed by atoms with E-state index in [1.807, 2.05) is 0 Å². The summed E-state index contributed by atoms with van der Waals surface area (Å²) in [6.45, 7) is 9.20. The van der Waals surface area contributed by atoms with Crippen molar-refractivity contribution < 1.29 is 4.58 Å². The van der Waals surface area contributed by atoms with E-state index in [4.69, 9.17) is 0 Å². The number of allylic oxidation sites excluding steroid dienone is 5. The third-order valence-electron chi connectivity index (χ3n) is 6.66. The van der Waals surface area contributed by atoms with Crippen LogP contribution in [0.3, 0.4) is 0 Å². The maximum Gasteiger partial charge on any atom is 0.199 e. The zero-order valence-electron chi connectivity index (χ0n) is 19.6. The van der Waals surface area contributed by atoms with Gasteiger partial charge in [-0.1, -0.05) is 45.5 Å². The van der Waals surface area contributed by atoms with E-state index in [0.717, 1.165) is 0 Å². The minimum absolute atomic E-state index is 0. The van der Waals surface area contributed by atoms with Gasteiger partial charge in [0.05, 0.1) is 0 Å². The van der Waals surface area contributed by atoms with Crippen LogP contribution in [-0.4, -0.2) is 38.5 Å². The van der Waals surface area contributed by atoms with E-state index in [0.29, 0.717) is 0 Å². The zero-order valence-corrected chi connectivity index (χ0v) is 19.6. The summed E-state index contributed by atoms with van der Waals surface area (Å²) in [7, 11) is 8.47. The molecule has 31 heavy (non-hydrogen) atoms. The predicted octanol–water partition coefficient (Wildman–Crippen LogP) is 6.31. The minimum atomic E-state index is -0.0806. The molecule has 2 aromatic rings. The van der Waals surface area contributed by atoms with E-state index in [2.05, 4.69) is 120 Å². The molecule has 2 heteroatoms. The molecule has 0 unspecified atom stereocenters. The molecule has 0 aliphatic heterocycles. The van der Waals surface area contributed by atoms with Crippen molar-refractivity contribution in [2.45, 2.75) is 40.5 Å². The Labute approximate surface area is 188 Å². The smallest absolute Gasteiger partial charge is 0.199 e. The summed E-state index contributed by atoms with van der Waals surface area (Å²) in [5.74, 6) is 0. The summed E-state index contributed by atoms with van der Waals surface area (Å²) in [5.41, 5.74) is 13.3. The monoisotopic (exact) mass is 413 g/mol. The highest BCUT2D eigenvalue weighted by molar-refractivity contribution is 6.07. The Morgan fingerprint density at radius 3 is 2.13 bits per heavy atom. The van der Waals surface area contributed by atoms with Gasteiger partial charge in [0.15, 0.2) is 5.71 Å². The van der Waals surface area contributed by atoms with E-state index < -0.39 is 0 Å². The predicted molar refractivity (Wildman–Crippen MR) is 137 cm³/mol. The molecule has 0 amide bonds. The maximum atomic E-state index is 2.38. The minimum Gasteiger partial charge on any atom is -0.378 e. The van der Waals surface area contributed by atoms with E-state index in [-0.39, 0.29) is 12.8 Å². The van der Waals surface area contributed by atoms with Crippen molar-refractivity contribution in [3.05, 3.63) is 93.6 Å². The molecule has 0 bridgehead atoms. The molecule has 0 saturated carbocycles. The second-order valence-electron chi connectivity index (χ2n) is 9.52. The number of anilines is 1. The van der Waals surface area contributed by atoms with Crippen LogP contribution in [0.5, 0.6) is 0 Å². The third kappa shape index (κ3) is 3.59. The van der Waals surface area contributed by atoms with Crippen molar-refractivity contribution in [2.75, 3.05) is 33.1 Å². The third-order valence-corrected chi connectivity index (χ3v) is 6.66. The first-order valence-electron chi connectivity index (χ1n) is 10.7. The van der Waals surface area contributed by atoms with Gasteiger partial charge in [0.1, 0.15) is 14.1 Å². The fraction of sp³-hybridized carbons (Fsp3) is 0.345. The van der Waals surface area contributed by atoms with Crippen LogP contribution in [0.1, 0.15) is 49.1 Å². The number of nitrogens with zero attached hydrogens (tertiary/aromatic N) is 2. The van der Waals surface area contributed by atoms with E-state index in [9.17, 15) is 0 Å². The topological polar surface area (TPSA) is 6.25 Å². The molecule has 2 aromatic carbocycles.